The van der Waals surface area contributed by atoms with Crippen molar-refractivity contribution in [1.82, 2.24) is 14.8 Å². The molecule has 2 rings (SSSR count). The molecule has 0 fully saturated rings. The predicted octanol–water partition coefficient (Wildman–Crippen LogP) is 3.85. The summed E-state index contributed by atoms with van der Waals surface area (Å²) in [4.78, 5) is 0. The molecule has 0 bridgehead atoms. The fourth-order valence-electron chi connectivity index (χ4n) is 2.15. The summed E-state index contributed by atoms with van der Waals surface area (Å²) in [6.07, 6.45) is 15.2. The number of nitrogens with two attached hydrogens (primary N) is 1. The van der Waals surface area contributed by atoms with Gasteiger partial charge in [-0.1, -0.05) is 47.7 Å². The topological polar surface area (TPSA) is 56.3 Å². The van der Waals surface area contributed by atoms with Crippen LogP contribution in [0.1, 0.15) is 13.3 Å². The van der Waals surface area contributed by atoms with Crippen molar-refractivity contribution < 1.29 is 4.74 Å². The number of hydrogen-bond donors (Lipinski definition) is 1. The van der Waals surface area contributed by atoms with Gasteiger partial charge >= 0.3 is 0 Å². The molecule has 1 unspecified atom stereocenters. The first kappa shape index (κ1) is 18.3. The molecular weight excluding hydrogens is 368 g/mol. The molecule has 0 saturated carbocycles. The molecule has 0 saturated heterocycles. The van der Waals surface area contributed by atoms with E-state index < -0.39 is 0 Å². The SMILES string of the molecule is C=C(Br)/C(=C/N(C)N)COc1ccn(C2=C/C=CC(C)C/C=C\2)n1. The van der Waals surface area contributed by atoms with Crippen molar-refractivity contribution in [2.75, 3.05) is 13.7 Å². The number of allylic oxidation sites excluding steroid dienone is 6. The monoisotopic (exact) mass is 390 g/mol. The molecule has 0 radical (unpaired) electrons. The largest absolute Gasteiger partial charge is 0.472 e. The van der Waals surface area contributed by atoms with Crippen molar-refractivity contribution in [3.8, 4) is 5.88 Å². The van der Waals surface area contributed by atoms with Gasteiger partial charge in [-0.3, -0.25) is 0 Å². The van der Waals surface area contributed by atoms with E-state index in [0.29, 0.717) is 18.4 Å². The summed E-state index contributed by atoms with van der Waals surface area (Å²) in [6.45, 7) is 6.38. The minimum atomic E-state index is 0.328. The summed E-state index contributed by atoms with van der Waals surface area (Å²) in [6, 6.07) is 1.83. The summed E-state index contributed by atoms with van der Waals surface area (Å²) in [5.74, 6) is 6.74. The zero-order valence-corrected chi connectivity index (χ0v) is 15.6. The van der Waals surface area contributed by atoms with Crippen LogP contribution in [0.5, 0.6) is 5.88 Å². The molecule has 128 valence electrons. The van der Waals surface area contributed by atoms with E-state index >= 15 is 0 Å². The summed E-state index contributed by atoms with van der Waals surface area (Å²) >= 11 is 3.36. The van der Waals surface area contributed by atoms with E-state index in [1.807, 2.05) is 18.3 Å². The Bertz CT molecular complexity index is 698. The number of halogens is 1. The van der Waals surface area contributed by atoms with Crippen LogP contribution in [0.3, 0.4) is 0 Å². The Morgan fingerprint density at radius 3 is 3.12 bits per heavy atom. The molecule has 1 aromatic rings. The zero-order chi connectivity index (χ0) is 17.5. The van der Waals surface area contributed by atoms with Gasteiger partial charge in [0.2, 0.25) is 5.88 Å². The van der Waals surface area contributed by atoms with Crippen LogP contribution < -0.4 is 10.6 Å². The number of ether oxygens (including phenoxy) is 1. The quantitative estimate of drug-likeness (QED) is 0.455. The molecule has 6 heteroatoms. The van der Waals surface area contributed by atoms with Crippen molar-refractivity contribution in [3.63, 3.8) is 0 Å². The first-order valence-corrected chi connectivity index (χ1v) is 8.52. The molecule has 1 heterocycles. The van der Waals surface area contributed by atoms with Gasteiger partial charge in [0.1, 0.15) is 6.61 Å². The van der Waals surface area contributed by atoms with Crippen LogP contribution >= 0.6 is 15.9 Å². The lowest BCUT2D eigenvalue weighted by molar-refractivity contribution is 0.334. The van der Waals surface area contributed by atoms with Gasteiger partial charge in [-0.2, -0.15) is 0 Å². The lowest BCUT2D eigenvalue weighted by Gasteiger charge is -2.11. The summed E-state index contributed by atoms with van der Waals surface area (Å²) in [5, 5.41) is 5.92. The molecule has 0 amide bonds. The van der Waals surface area contributed by atoms with Crippen LogP contribution in [-0.4, -0.2) is 28.4 Å². The highest BCUT2D eigenvalue weighted by Gasteiger charge is 2.07. The third-order valence-corrected chi connectivity index (χ3v) is 3.93. The molecule has 24 heavy (non-hydrogen) atoms. The summed E-state index contributed by atoms with van der Waals surface area (Å²) in [7, 11) is 1.74. The van der Waals surface area contributed by atoms with Crippen LogP contribution in [0.4, 0.5) is 0 Å². The fourth-order valence-corrected chi connectivity index (χ4v) is 2.36. The van der Waals surface area contributed by atoms with Crippen LogP contribution in [-0.2, 0) is 0 Å². The molecule has 5 nitrogen and oxygen atoms in total. The summed E-state index contributed by atoms with van der Waals surface area (Å²) in [5.41, 5.74) is 1.84. The summed E-state index contributed by atoms with van der Waals surface area (Å²) < 4.78 is 8.26. The maximum atomic E-state index is 5.73. The highest BCUT2D eigenvalue weighted by Crippen LogP contribution is 2.19. The Morgan fingerprint density at radius 2 is 2.42 bits per heavy atom. The Kier molecular flexibility index (Phi) is 6.63. The second-order valence-electron chi connectivity index (χ2n) is 5.70. The minimum Gasteiger partial charge on any atom is -0.472 e. The molecule has 0 aromatic carbocycles. The first-order chi connectivity index (χ1) is 11.5. The standard InChI is InChI=1S/C18H23BrN4O/c1-14-6-4-8-17(9-5-7-14)23-11-10-18(21-23)24-13-16(15(2)19)12-22(3)20/h4-6,8-12,14H,2,7,13,20H2,1,3H3/b6-4?,9-5-,16-12+,17-8+. The maximum Gasteiger partial charge on any atom is 0.233 e. The normalized spacial score (nSPS) is 21.4. The molecule has 0 aliphatic heterocycles. The Hall–Kier alpha value is -2.05. The number of rotatable bonds is 6. The van der Waals surface area contributed by atoms with Crippen LogP contribution in [0.15, 0.2) is 65.5 Å². The van der Waals surface area contributed by atoms with Crippen LogP contribution in [0.2, 0.25) is 0 Å². The third-order valence-electron chi connectivity index (χ3n) is 3.42. The van der Waals surface area contributed by atoms with Crippen molar-refractivity contribution in [2.24, 2.45) is 11.8 Å². The number of aromatic nitrogens is 2. The van der Waals surface area contributed by atoms with Gasteiger partial charge in [0.05, 0.1) is 5.70 Å². The molecule has 1 atom stereocenters. The van der Waals surface area contributed by atoms with Gasteiger partial charge in [0, 0.05) is 35.6 Å². The van der Waals surface area contributed by atoms with Crippen molar-refractivity contribution in [1.29, 1.82) is 0 Å². The Labute approximate surface area is 151 Å². The smallest absolute Gasteiger partial charge is 0.233 e. The maximum absolute atomic E-state index is 5.73. The Balaban J connectivity index is 2.07. The number of hydrazine groups is 1. The van der Waals surface area contributed by atoms with Gasteiger partial charge in [0.25, 0.3) is 0 Å². The van der Waals surface area contributed by atoms with Gasteiger partial charge < -0.3 is 9.75 Å². The molecular formula is C18H23BrN4O. The van der Waals surface area contributed by atoms with E-state index in [9.17, 15) is 0 Å². The highest BCUT2D eigenvalue weighted by molar-refractivity contribution is 9.11. The fraction of sp³-hybridized carbons (Fsp3) is 0.278. The first-order valence-electron chi connectivity index (χ1n) is 7.72. The second-order valence-corrected chi connectivity index (χ2v) is 6.66. The van der Waals surface area contributed by atoms with E-state index in [0.717, 1.165) is 22.2 Å². The average molecular weight is 391 g/mol. The van der Waals surface area contributed by atoms with Gasteiger partial charge in [0.15, 0.2) is 0 Å². The predicted molar refractivity (Wildman–Crippen MR) is 102 cm³/mol. The third kappa shape index (κ3) is 5.54. The van der Waals surface area contributed by atoms with E-state index in [2.05, 4.69) is 58.8 Å². The molecule has 1 aliphatic carbocycles. The molecule has 1 aliphatic rings. The van der Waals surface area contributed by atoms with Crippen LogP contribution in [0.25, 0.3) is 5.70 Å². The van der Waals surface area contributed by atoms with E-state index in [1.54, 1.807) is 17.9 Å². The van der Waals surface area contributed by atoms with Crippen molar-refractivity contribution in [2.45, 2.75) is 13.3 Å². The average Bonchev–Trinajstić information content (AvgIpc) is 2.95. The lowest BCUT2D eigenvalue weighted by Crippen LogP contribution is -2.20. The highest BCUT2D eigenvalue weighted by atomic mass is 79.9. The molecule has 0 spiro atoms. The van der Waals surface area contributed by atoms with Gasteiger partial charge in [-0.05, 0) is 24.5 Å². The second kappa shape index (κ2) is 8.70. The minimum absolute atomic E-state index is 0.328. The van der Waals surface area contributed by atoms with Crippen molar-refractivity contribution in [3.05, 3.63) is 65.5 Å². The van der Waals surface area contributed by atoms with E-state index in [1.165, 1.54) is 5.01 Å². The Morgan fingerprint density at radius 1 is 1.62 bits per heavy atom. The number of nitrogens with zero attached hydrogens (tertiary/aromatic N) is 3. The van der Waals surface area contributed by atoms with Gasteiger partial charge in [-0.25, -0.2) is 10.5 Å². The molecule has 2 N–H and O–H groups in total. The lowest BCUT2D eigenvalue weighted by atomic mass is 10.1. The van der Waals surface area contributed by atoms with E-state index in [-0.39, 0.29) is 0 Å². The number of hydrogen-bond acceptors (Lipinski definition) is 4. The van der Waals surface area contributed by atoms with Crippen molar-refractivity contribution >= 4 is 21.6 Å². The van der Waals surface area contributed by atoms with Crippen LogP contribution in [0, 0.1) is 5.92 Å². The van der Waals surface area contributed by atoms with E-state index in [4.69, 9.17) is 10.6 Å². The zero-order valence-electron chi connectivity index (χ0n) is 14.0. The molecule has 1 aromatic heterocycles. The van der Waals surface area contributed by atoms with Gasteiger partial charge in [-0.15, -0.1) is 5.10 Å².